The molecular weight excluding hydrogens is 286 g/mol. The van der Waals surface area contributed by atoms with E-state index in [1.54, 1.807) is 12.1 Å². The molecule has 0 saturated carbocycles. The summed E-state index contributed by atoms with van der Waals surface area (Å²) >= 11 is 5.92. The highest BCUT2D eigenvalue weighted by Gasteiger charge is 2.37. The second-order valence-electron chi connectivity index (χ2n) is 5.16. The molecule has 2 unspecified atom stereocenters. The normalized spacial score (nSPS) is 22.0. The molecule has 2 amide bonds. The fourth-order valence-electron chi connectivity index (χ4n) is 2.83. The predicted octanol–water partition coefficient (Wildman–Crippen LogP) is 3.25. The standard InChI is InChI=1S/C17H14ClNO2/c18-13-8-6-11(7-9-13)14-10-15(20)19-17(21)16(14)12-4-2-1-3-5-12/h1-9,14,16H,10H2,(H,19,20,21). The number of carbonyl (C=O) groups excluding carboxylic acids is 2. The van der Waals surface area contributed by atoms with Crippen molar-refractivity contribution in [3.63, 3.8) is 0 Å². The topological polar surface area (TPSA) is 46.2 Å². The van der Waals surface area contributed by atoms with Crippen LogP contribution in [0, 0.1) is 0 Å². The van der Waals surface area contributed by atoms with Crippen LogP contribution in [0.3, 0.4) is 0 Å². The maximum atomic E-state index is 12.3. The zero-order valence-electron chi connectivity index (χ0n) is 11.3. The van der Waals surface area contributed by atoms with Crippen molar-refractivity contribution in [3.8, 4) is 0 Å². The SMILES string of the molecule is O=C1CC(c2ccc(Cl)cc2)C(c2ccccc2)C(=O)N1. The van der Waals surface area contributed by atoms with Crippen LogP contribution in [-0.2, 0) is 9.59 Å². The molecule has 0 bridgehead atoms. The molecule has 1 aliphatic heterocycles. The van der Waals surface area contributed by atoms with Gasteiger partial charge in [0, 0.05) is 17.4 Å². The van der Waals surface area contributed by atoms with Gasteiger partial charge in [0.1, 0.15) is 0 Å². The van der Waals surface area contributed by atoms with E-state index >= 15 is 0 Å². The van der Waals surface area contributed by atoms with E-state index in [0.717, 1.165) is 11.1 Å². The molecule has 0 aliphatic carbocycles. The smallest absolute Gasteiger partial charge is 0.234 e. The summed E-state index contributed by atoms with van der Waals surface area (Å²) < 4.78 is 0. The Balaban J connectivity index is 2.03. The number of carbonyl (C=O) groups is 2. The van der Waals surface area contributed by atoms with Crippen LogP contribution in [0.2, 0.25) is 5.02 Å². The third-order valence-corrected chi connectivity index (χ3v) is 4.06. The van der Waals surface area contributed by atoms with Crippen LogP contribution >= 0.6 is 11.6 Å². The van der Waals surface area contributed by atoms with E-state index in [1.807, 2.05) is 42.5 Å². The number of benzene rings is 2. The molecular formula is C17H14ClNO2. The summed E-state index contributed by atoms with van der Waals surface area (Å²) in [5, 5.41) is 3.08. The molecule has 0 aromatic heterocycles. The number of amides is 2. The van der Waals surface area contributed by atoms with Crippen molar-refractivity contribution in [1.82, 2.24) is 5.32 Å². The van der Waals surface area contributed by atoms with E-state index in [0.29, 0.717) is 11.4 Å². The number of hydrogen-bond donors (Lipinski definition) is 1. The summed E-state index contributed by atoms with van der Waals surface area (Å²) in [7, 11) is 0. The van der Waals surface area contributed by atoms with Crippen molar-refractivity contribution in [1.29, 1.82) is 0 Å². The van der Waals surface area contributed by atoms with Crippen LogP contribution in [0.1, 0.15) is 29.4 Å². The molecule has 1 heterocycles. The average Bonchev–Trinajstić information content (AvgIpc) is 2.48. The van der Waals surface area contributed by atoms with Crippen LogP contribution in [0.4, 0.5) is 0 Å². The summed E-state index contributed by atoms with van der Waals surface area (Å²) in [4.78, 5) is 24.0. The molecule has 3 rings (SSSR count). The molecule has 4 heteroatoms. The quantitative estimate of drug-likeness (QED) is 0.865. The Morgan fingerprint density at radius 2 is 1.57 bits per heavy atom. The number of nitrogens with one attached hydrogen (secondary N) is 1. The third kappa shape index (κ3) is 2.83. The van der Waals surface area contributed by atoms with E-state index in [2.05, 4.69) is 5.32 Å². The lowest BCUT2D eigenvalue weighted by Gasteiger charge is -2.30. The van der Waals surface area contributed by atoms with Crippen molar-refractivity contribution in [2.75, 3.05) is 0 Å². The van der Waals surface area contributed by atoms with Gasteiger partial charge < -0.3 is 0 Å². The van der Waals surface area contributed by atoms with Crippen molar-refractivity contribution in [2.45, 2.75) is 18.3 Å². The van der Waals surface area contributed by atoms with Crippen LogP contribution < -0.4 is 5.32 Å². The van der Waals surface area contributed by atoms with Gasteiger partial charge in [-0.3, -0.25) is 14.9 Å². The summed E-state index contributed by atoms with van der Waals surface area (Å²) in [5.74, 6) is -0.986. The Kier molecular flexibility index (Phi) is 3.76. The van der Waals surface area contributed by atoms with Crippen LogP contribution in [0.25, 0.3) is 0 Å². The Bertz CT molecular complexity index is 667. The summed E-state index contributed by atoms with van der Waals surface area (Å²) in [6.45, 7) is 0. The van der Waals surface area contributed by atoms with Gasteiger partial charge in [-0.25, -0.2) is 0 Å². The highest BCUT2D eigenvalue weighted by Crippen LogP contribution is 2.38. The van der Waals surface area contributed by atoms with E-state index in [1.165, 1.54) is 0 Å². The molecule has 3 nitrogen and oxygen atoms in total. The van der Waals surface area contributed by atoms with E-state index in [4.69, 9.17) is 11.6 Å². The van der Waals surface area contributed by atoms with Crippen LogP contribution in [0.5, 0.6) is 0 Å². The van der Waals surface area contributed by atoms with Crippen molar-refractivity contribution < 1.29 is 9.59 Å². The van der Waals surface area contributed by atoms with E-state index in [-0.39, 0.29) is 23.7 Å². The molecule has 1 fully saturated rings. The number of hydrogen-bond acceptors (Lipinski definition) is 2. The minimum absolute atomic E-state index is 0.161. The maximum absolute atomic E-state index is 12.3. The molecule has 106 valence electrons. The number of rotatable bonds is 2. The second-order valence-corrected chi connectivity index (χ2v) is 5.60. The lowest BCUT2D eigenvalue weighted by molar-refractivity contribution is -0.135. The number of piperidine rings is 1. The van der Waals surface area contributed by atoms with Crippen molar-refractivity contribution >= 4 is 23.4 Å². The predicted molar refractivity (Wildman–Crippen MR) is 81.1 cm³/mol. The van der Waals surface area contributed by atoms with Gasteiger partial charge in [-0.1, -0.05) is 54.1 Å². The fraction of sp³-hybridized carbons (Fsp3) is 0.176. The molecule has 21 heavy (non-hydrogen) atoms. The zero-order chi connectivity index (χ0) is 14.8. The monoisotopic (exact) mass is 299 g/mol. The molecule has 2 aromatic carbocycles. The number of halogens is 1. The Hall–Kier alpha value is -2.13. The molecule has 0 radical (unpaired) electrons. The highest BCUT2D eigenvalue weighted by atomic mass is 35.5. The first kappa shape index (κ1) is 13.8. The molecule has 1 N–H and O–H groups in total. The zero-order valence-corrected chi connectivity index (χ0v) is 12.0. The third-order valence-electron chi connectivity index (χ3n) is 3.81. The van der Waals surface area contributed by atoms with Gasteiger partial charge in [-0.15, -0.1) is 0 Å². The lowest BCUT2D eigenvalue weighted by Crippen LogP contribution is -2.43. The summed E-state index contributed by atoms with van der Waals surface area (Å²) in [6, 6.07) is 16.9. The minimum atomic E-state index is -0.356. The number of imide groups is 1. The summed E-state index contributed by atoms with van der Waals surface area (Å²) in [5.41, 5.74) is 1.87. The van der Waals surface area contributed by atoms with E-state index in [9.17, 15) is 9.59 Å². The molecule has 0 spiro atoms. The van der Waals surface area contributed by atoms with Crippen molar-refractivity contribution in [2.24, 2.45) is 0 Å². The lowest BCUT2D eigenvalue weighted by atomic mass is 9.76. The Morgan fingerprint density at radius 1 is 0.905 bits per heavy atom. The van der Waals surface area contributed by atoms with Gasteiger partial charge in [-0.2, -0.15) is 0 Å². The fourth-order valence-corrected chi connectivity index (χ4v) is 2.96. The first-order valence-electron chi connectivity index (χ1n) is 6.79. The first-order valence-corrected chi connectivity index (χ1v) is 7.17. The van der Waals surface area contributed by atoms with Crippen LogP contribution in [0.15, 0.2) is 54.6 Å². The summed E-state index contributed by atoms with van der Waals surface area (Å²) in [6.07, 6.45) is 0.299. The van der Waals surface area contributed by atoms with Gasteiger partial charge in [0.15, 0.2) is 0 Å². The van der Waals surface area contributed by atoms with Crippen molar-refractivity contribution in [3.05, 3.63) is 70.7 Å². The van der Waals surface area contributed by atoms with Gasteiger partial charge in [0.25, 0.3) is 0 Å². The maximum Gasteiger partial charge on any atom is 0.234 e. The Labute approximate surface area is 127 Å². The molecule has 2 aromatic rings. The molecule has 1 aliphatic rings. The largest absolute Gasteiger partial charge is 0.296 e. The Morgan fingerprint density at radius 3 is 2.24 bits per heavy atom. The van der Waals surface area contributed by atoms with Gasteiger partial charge in [-0.05, 0) is 23.3 Å². The van der Waals surface area contributed by atoms with Gasteiger partial charge >= 0.3 is 0 Å². The van der Waals surface area contributed by atoms with Gasteiger partial charge in [0.2, 0.25) is 11.8 Å². The van der Waals surface area contributed by atoms with Gasteiger partial charge in [0.05, 0.1) is 5.92 Å². The average molecular weight is 300 g/mol. The highest BCUT2D eigenvalue weighted by molar-refractivity contribution is 6.30. The molecule has 1 saturated heterocycles. The van der Waals surface area contributed by atoms with E-state index < -0.39 is 0 Å². The molecule has 2 atom stereocenters. The minimum Gasteiger partial charge on any atom is -0.296 e. The second kappa shape index (κ2) is 5.70. The first-order chi connectivity index (χ1) is 10.1. The van der Waals surface area contributed by atoms with Crippen LogP contribution in [-0.4, -0.2) is 11.8 Å².